The van der Waals surface area contributed by atoms with Gasteiger partial charge in [-0.2, -0.15) is 0 Å². The van der Waals surface area contributed by atoms with Crippen LogP contribution in [-0.2, 0) is 4.79 Å². The predicted octanol–water partition coefficient (Wildman–Crippen LogP) is 4.67. The molecule has 0 heterocycles. The third-order valence-corrected chi connectivity index (χ3v) is 5.69. The number of carboxylic acids is 1. The van der Waals surface area contributed by atoms with E-state index in [9.17, 15) is 4.79 Å². The number of benzene rings is 1. The zero-order valence-corrected chi connectivity index (χ0v) is 15.6. The molecule has 4 heteroatoms. The van der Waals surface area contributed by atoms with Gasteiger partial charge in [-0.15, -0.1) is 5.92 Å². The van der Waals surface area contributed by atoms with Crippen LogP contribution in [0.5, 0.6) is 5.75 Å². The third kappa shape index (κ3) is 6.14. The molecule has 0 aromatic heterocycles. The van der Waals surface area contributed by atoms with E-state index in [0.717, 1.165) is 17.7 Å². The molecule has 140 valence electrons. The fourth-order valence-corrected chi connectivity index (χ4v) is 4.41. The van der Waals surface area contributed by atoms with E-state index in [0.29, 0.717) is 12.0 Å². The zero-order valence-electron chi connectivity index (χ0n) is 15.6. The molecule has 1 saturated carbocycles. The molecule has 3 nitrogen and oxygen atoms in total. The summed E-state index contributed by atoms with van der Waals surface area (Å²) in [4.78, 5) is 11.0. The molecule has 0 saturated heterocycles. The molecule has 2 aliphatic rings. The fourth-order valence-electron chi connectivity index (χ4n) is 4.41. The first-order valence-electron chi connectivity index (χ1n) is 9.68. The molecule has 0 aliphatic heterocycles. The SMILES string of the molecule is CC#CC(CC(=O)O)c1ccc(OCC2=CC3(CCCC3)CCC2)cc1.[NaH]. The second-order valence-corrected chi connectivity index (χ2v) is 7.63. The van der Waals surface area contributed by atoms with Crippen molar-refractivity contribution in [3.8, 4) is 17.6 Å². The van der Waals surface area contributed by atoms with Crippen molar-refractivity contribution >= 4 is 35.5 Å². The Bertz CT molecular complexity index is 718. The average Bonchev–Trinajstić information content (AvgIpc) is 3.07. The van der Waals surface area contributed by atoms with E-state index in [1.165, 1.54) is 44.1 Å². The van der Waals surface area contributed by atoms with Crippen LogP contribution in [-0.4, -0.2) is 47.2 Å². The molecule has 1 spiro atoms. The molecule has 27 heavy (non-hydrogen) atoms. The molecule has 1 aromatic rings. The number of aliphatic carboxylic acids is 1. The van der Waals surface area contributed by atoms with Gasteiger partial charge in [0.2, 0.25) is 0 Å². The van der Waals surface area contributed by atoms with Crippen LogP contribution in [0.25, 0.3) is 0 Å². The van der Waals surface area contributed by atoms with Gasteiger partial charge < -0.3 is 9.84 Å². The van der Waals surface area contributed by atoms with Crippen molar-refractivity contribution < 1.29 is 14.6 Å². The summed E-state index contributed by atoms with van der Waals surface area (Å²) in [6, 6.07) is 7.72. The van der Waals surface area contributed by atoms with Gasteiger partial charge in [0.05, 0.1) is 12.3 Å². The maximum absolute atomic E-state index is 11.0. The normalized spacial score (nSPS) is 18.6. The Hall–Kier alpha value is -1.21. The minimum atomic E-state index is -0.830. The van der Waals surface area contributed by atoms with Gasteiger partial charge in [0, 0.05) is 0 Å². The number of hydrogen-bond donors (Lipinski definition) is 1. The summed E-state index contributed by atoms with van der Waals surface area (Å²) in [5, 5.41) is 9.04. The summed E-state index contributed by atoms with van der Waals surface area (Å²) in [6.45, 7) is 2.40. The van der Waals surface area contributed by atoms with Crippen LogP contribution in [0.15, 0.2) is 35.9 Å². The second-order valence-electron chi connectivity index (χ2n) is 7.63. The molecule has 1 aromatic carbocycles. The van der Waals surface area contributed by atoms with Gasteiger partial charge in [0.15, 0.2) is 0 Å². The number of carbonyl (C=O) groups is 1. The van der Waals surface area contributed by atoms with Crippen molar-refractivity contribution in [3.05, 3.63) is 41.5 Å². The van der Waals surface area contributed by atoms with Crippen molar-refractivity contribution in [2.45, 2.75) is 64.2 Å². The first kappa shape index (κ1) is 22.1. The third-order valence-electron chi connectivity index (χ3n) is 5.69. The van der Waals surface area contributed by atoms with Crippen LogP contribution >= 0.6 is 0 Å². The minimum absolute atomic E-state index is 0. The van der Waals surface area contributed by atoms with E-state index in [1.807, 2.05) is 24.3 Å². The summed E-state index contributed by atoms with van der Waals surface area (Å²) in [7, 11) is 0. The summed E-state index contributed by atoms with van der Waals surface area (Å²) < 4.78 is 6.00. The van der Waals surface area contributed by atoms with Crippen LogP contribution in [0.3, 0.4) is 0 Å². The topological polar surface area (TPSA) is 46.5 Å². The monoisotopic (exact) mass is 376 g/mol. The Morgan fingerprint density at radius 1 is 1.19 bits per heavy atom. The molecule has 0 radical (unpaired) electrons. The van der Waals surface area contributed by atoms with Crippen LogP contribution < -0.4 is 4.74 Å². The number of carboxylic acid groups (broad SMARTS) is 1. The summed E-state index contributed by atoms with van der Waals surface area (Å²) in [5.74, 6) is 5.54. The van der Waals surface area contributed by atoms with Gasteiger partial charge in [-0.3, -0.25) is 4.79 Å². The van der Waals surface area contributed by atoms with Crippen LogP contribution in [0.1, 0.15) is 69.8 Å². The molecule has 0 amide bonds. The Morgan fingerprint density at radius 2 is 1.85 bits per heavy atom. The van der Waals surface area contributed by atoms with Crippen LogP contribution in [0, 0.1) is 17.3 Å². The Morgan fingerprint density at radius 3 is 2.48 bits per heavy atom. The number of allylic oxidation sites excluding steroid dienone is 1. The molecule has 0 bridgehead atoms. The molecule has 3 rings (SSSR count). The van der Waals surface area contributed by atoms with Gasteiger partial charge in [-0.25, -0.2) is 0 Å². The second kappa shape index (κ2) is 10.4. The van der Waals surface area contributed by atoms with Crippen molar-refractivity contribution in [2.24, 2.45) is 5.41 Å². The standard InChI is InChI=1S/C23H28O3.Na.H/c1-2-6-20(15-22(24)25)19-8-10-21(11-9-19)26-17-18-7-5-14-23(16-18)12-3-4-13-23;;/h8-11,16,20H,3-5,7,12-15,17H2,1H3,(H,24,25);;. The maximum atomic E-state index is 11.0. The first-order valence-corrected chi connectivity index (χ1v) is 9.68. The van der Waals surface area contributed by atoms with Crippen molar-refractivity contribution in [1.82, 2.24) is 0 Å². The molecule has 1 unspecified atom stereocenters. The van der Waals surface area contributed by atoms with Crippen LogP contribution in [0.2, 0.25) is 0 Å². The van der Waals surface area contributed by atoms with Crippen molar-refractivity contribution in [1.29, 1.82) is 0 Å². The number of rotatable bonds is 6. The van der Waals surface area contributed by atoms with E-state index < -0.39 is 5.97 Å². The molecule has 2 aliphatic carbocycles. The molecular formula is C23H29NaO3. The van der Waals surface area contributed by atoms with Crippen molar-refractivity contribution in [3.63, 3.8) is 0 Å². The van der Waals surface area contributed by atoms with Gasteiger partial charge in [-0.1, -0.05) is 37.0 Å². The molecule has 1 N–H and O–H groups in total. The summed E-state index contributed by atoms with van der Waals surface area (Å²) >= 11 is 0. The Labute approximate surface area is 184 Å². The van der Waals surface area contributed by atoms with E-state index in [4.69, 9.17) is 9.84 Å². The van der Waals surface area contributed by atoms with Crippen molar-refractivity contribution in [2.75, 3.05) is 6.61 Å². The summed E-state index contributed by atoms with van der Waals surface area (Å²) in [6.07, 6.45) is 11.7. The zero-order chi connectivity index (χ0) is 18.4. The van der Waals surface area contributed by atoms with Gasteiger partial charge in [0.25, 0.3) is 0 Å². The molecular weight excluding hydrogens is 347 g/mol. The number of ether oxygens (including phenoxy) is 1. The van der Waals surface area contributed by atoms with Crippen LogP contribution in [0.4, 0.5) is 0 Å². The average molecular weight is 376 g/mol. The number of hydrogen-bond acceptors (Lipinski definition) is 2. The Kier molecular flexibility index (Phi) is 8.48. The van der Waals surface area contributed by atoms with E-state index in [-0.39, 0.29) is 41.9 Å². The molecule has 1 fully saturated rings. The van der Waals surface area contributed by atoms with Gasteiger partial charge in [-0.05, 0) is 67.7 Å². The van der Waals surface area contributed by atoms with E-state index in [1.54, 1.807) is 6.92 Å². The fraction of sp³-hybridized carbons (Fsp3) is 0.522. The van der Waals surface area contributed by atoms with Gasteiger partial charge >= 0.3 is 35.5 Å². The predicted molar refractivity (Wildman–Crippen MR) is 110 cm³/mol. The van der Waals surface area contributed by atoms with Gasteiger partial charge in [0.1, 0.15) is 12.4 Å². The first-order chi connectivity index (χ1) is 12.6. The summed E-state index contributed by atoms with van der Waals surface area (Å²) in [5.41, 5.74) is 2.82. The van der Waals surface area contributed by atoms with E-state index >= 15 is 0 Å². The van der Waals surface area contributed by atoms with E-state index in [2.05, 4.69) is 17.9 Å². The Balaban J connectivity index is 0.00000261. The molecule has 1 atom stereocenters. The quantitative estimate of drug-likeness (QED) is 0.446.